The van der Waals surface area contributed by atoms with Crippen LogP contribution in [0.1, 0.15) is 42.6 Å². The highest BCUT2D eigenvalue weighted by atomic mass is 16.6. The summed E-state index contributed by atoms with van der Waals surface area (Å²) in [4.78, 5) is 25.8. The number of nitro groups is 1. The Bertz CT molecular complexity index is 833. The Morgan fingerprint density at radius 2 is 2.00 bits per heavy atom. The van der Waals surface area contributed by atoms with Crippen molar-refractivity contribution < 1.29 is 9.72 Å². The van der Waals surface area contributed by atoms with Crippen molar-refractivity contribution >= 4 is 23.0 Å². The van der Waals surface area contributed by atoms with Crippen LogP contribution in [-0.2, 0) is 6.42 Å². The summed E-state index contributed by atoms with van der Waals surface area (Å²) < 4.78 is 0. The fourth-order valence-corrected chi connectivity index (χ4v) is 3.51. The number of rotatable bonds is 5. The van der Waals surface area contributed by atoms with E-state index in [0.717, 1.165) is 32.4 Å². The third-order valence-corrected chi connectivity index (χ3v) is 5.05. The highest BCUT2D eigenvalue weighted by Gasteiger charge is 2.25. The molecule has 1 N–H and O–H groups in total. The van der Waals surface area contributed by atoms with E-state index in [1.54, 1.807) is 12.1 Å². The van der Waals surface area contributed by atoms with E-state index in [4.69, 9.17) is 0 Å². The molecule has 2 aromatic rings. The lowest BCUT2D eigenvalue weighted by Crippen LogP contribution is -2.34. The first kappa shape index (κ1) is 18.9. The number of carbonyl (C=O) groups excluding carboxylic acids is 1. The van der Waals surface area contributed by atoms with Crippen molar-refractivity contribution in [2.45, 2.75) is 33.1 Å². The largest absolute Gasteiger partial charge is 0.366 e. The molecule has 142 valence electrons. The van der Waals surface area contributed by atoms with Gasteiger partial charge in [0, 0.05) is 30.4 Å². The smallest absolute Gasteiger partial charge is 0.293 e. The van der Waals surface area contributed by atoms with Crippen LogP contribution < -0.4 is 10.2 Å². The number of hydrogen-bond acceptors (Lipinski definition) is 4. The van der Waals surface area contributed by atoms with Gasteiger partial charge in [-0.05, 0) is 55.0 Å². The van der Waals surface area contributed by atoms with Crippen LogP contribution in [0.25, 0.3) is 0 Å². The number of carbonyl (C=O) groups is 1. The predicted molar refractivity (Wildman–Crippen MR) is 107 cm³/mol. The number of aryl methyl sites for hydroxylation is 1. The molecule has 1 fully saturated rings. The summed E-state index contributed by atoms with van der Waals surface area (Å²) in [5.41, 5.74) is 2.72. The van der Waals surface area contributed by atoms with Crippen molar-refractivity contribution in [3.8, 4) is 0 Å². The van der Waals surface area contributed by atoms with Gasteiger partial charge >= 0.3 is 0 Å². The molecule has 0 saturated carbocycles. The summed E-state index contributed by atoms with van der Waals surface area (Å²) in [6, 6.07) is 12.3. The lowest BCUT2D eigenvalue weighted by molar-refractivity contribution is -0.384. The summed E-state index contributed by atoms with van der Waals surface area (Å²) in [6.07, 6.45) is 3.09. The van der Waals surface area contributed by atoms with Gasteiger partial charge < -0.3 is 10.2 Å². The van der Waals surface area contributed by atoms with Crippen molar-refractivity contribution in [1.29, 1.82) is 0 Å². The lowest BCUT2D eigenvalue weighted by atomic mass is 9.99. The van der Waals surface area contributed by atoms with Crippen molar-refractivity contribution in [3.05, 3.63) is 63.7 Å². The Morgan fingerprint density at radius 1 is 1.26 bits per heavy atom. The van der Waals surface area contributed by atoms with Crippen LogP contribution >= 0.6 is 0 Å². The Hall–Kier alpha value is -2.89. The second-order valence-corrected chi connectivity index (χ2v) is 7.16. The molecule has 1 unspecified atom stereocenters. The second kappa shape index (κ2) is 8.20. The molecule has 27 heavy (non-hydrogen) atoms. The summed E-state index contributed by atoms with van der Waals surface area (Å²) >= 11 is 0. The maximum atomic E-state index is 12.5. The molecule has 1 heterocycles. The second-order valence-electron chi connectivity index (χ2n) is 7.16. The van der Waals surface area contributed by atoms with E-state index in [0.29, 0.717) is 17.3 Å². The molecular formula is C21H25N3O3. The van der Waals surface area contributed by atoms with Gasteiger partial charge in [0.05, 0.1) is 4.92 Å². The molecule has 2 aromatic carbocycles. The van der Waals surface area contributed by atoms with Crippen LogP contribution in [0, 0.1) is 16.0 Å². The first-order valence-corrected chi connectivity index (χ1v) is 9.41. The molecule has 0 aromatic heterocycles. The standard InChI is InChI=1S/C21H25N3O3/c1-3-16-6-9-18(10-7-16)22-21(25)17-8-11-19(20(13-17)24(26)27)23-12-4-5-15(2)14-23/h6-11,13,15H,3-5,12,14H2,1-2H3,(H,22,25). The van der Waals surface area contributed by atoms with Gasteiger partial charge in [-0.25, -0.2) is 0 Å². The van der Waals surface area contributed by atoms with E-state index in [-0.39, 0.29) is 17.2 Å². The zero-order valence-corrected chi connectivity index (χ0v) is 15.8. The van der Waals surface area contributed by atoms with Crippen molar-refractivity contribution in [2.75, 3.05) is 23.3 Å². The van der Waals surface area contributed by atoms with Crippen LogP contribution in [0.2, 0.25) is 0 Å². The summed E-state index contributed by atoms with van der Waals surface area (Å²) in [7, 11) is 0. The van der Waals surface area contributed by atoms with Crippen molar-refractivity contribution in [2.24, 2.45) is 5.92 Å². The molecule has 6 nitrogen and oxygen atoms in total. The van der Waals surface area contributed by atoms with Crippen LogP contribution in [0.5, 0.6) is 0 Å². The Kier molecular flexibility index (Phi) is 5.74. The van der Waals surface area contributed by atoms with Gasteiger partial charge in [-0.1, -0.05) is 26.0 Å². The monoisotopic (exact) mass is 367 g/mol. The number of nitrogens with one attached hydrogen (secondary N) is 1. The van der Waals surface area contributed by atoms with Gasteiger partial charge in [0.1, 0.15) is 5.69 Å². The fraction of sp³-hybridized carbons (Fsp3) is 0.381. The van der Waals surface area contributed by atoms with Gasteiger partial charge in [-0.3, -0.25) is 14.9 Å². The minimum atomic E-state index is -0.401. The van der Waals surface area contributed by atoms with E-state index in [9.17, 15) is 14.9 Å². The fourth-order valence-electron chi connectivity index (χ4n) is 3.51. The molecule has 0 aliphatic carbocycles. The average molecular weight is 367 g/mol. The first-order valence-electron chi connectivity index (χ1n) is 9.41. The van der Waals surface area contributed by atoms with Crippen LogP contribution in [-0.4, -0.2) is 23.9 Å². The SMILES string of the molecule is CCc1ccc(NC(=O)c2ccc(N3CCCC(C)C3)c([N+](=O)[O-])c2)cc1. The lowest BCUT2D eigenvalue weighted by Gasteiger charge is -2.32. The van der Waals surface area contributed by atoms with Crippen LogP contribution in [0.3, 0.4) is 0 Å². The quantitative estimate of drug-likeness (QED) is 0.617. The summed E-state index contributed by atoms with van der Waals surface area (Å²) in [5, 5.41) is 14.4. The number of anilines is 2. The van der Waals surface area contributed by atoms with E-state index >= 15 is 0 Å². The number of nitro benzene ring substituents is 1. The van der Waals surface area contributed by atoms with Gasteiger partial charge in [-0.15, -0.1) is 0 Å². The highest BCUT2D eigenvalue weighted by molar-refractivity contribution is 6.05. The normalized spacial score (nSPS) is 16.8. The van der Waals surface area contributed by atoms with Crippen molar-refractivity contribution in [1.82, 2.24) is 0 Å². The Morgan fingerprint density at radius 3 is 2.63 bits per heavy atom. The topological polar surface area (TPSA) is 75.5 Å². The number of benzene rings is 2. The van der Waals surface area contributed by atoms with E-state index in [1.807, 2.05) is 24.3 Å². The Balaban J connectivity index is 1.82. The number of hydrogen-bond donors (Lipinski definition) is 1. The highest BCUT2D eigenvalue weighted by Crippen LogP contribution is 2.32. The molecule has 6 heteroatoms. The van der Waals surface area contributed by atoms with Gasteiger partial charge in [0.25, 0.3) is 11.6 Å². The minimum absolute atomic E-state index is 0.0157. The van der Waals surface area contributed by atoms with E-state index < -0.39 is 4.92 Å². The maximum absolute atomic E-state index is 12.5. The molecule has 1 aliphatic heterocycles. The zero-order valence-electron chi connectivity index (χ0n) is 15.8. The van der Waals surface area contributed by atoms with Gasteiger partial charge in [0.15, 0.2) is 0 Å². The molecular weight excluding hydrogens is 342 g/mol. The minimum Gasteiger partial charge on any atom is -0.366 e. The molecule has 0 bridgehead atoms. The zero-order chi connectivity index (χ0) is 19.4. The third-order valence-electron chi connectivity index (χ3n) is 5.05. The Labute approximate surface area is 159 Å². The van der Waals surface area contributed by atoms with E-state index in [2.05, 4.69) is 24.1 Å². The van der Waals surface area contributed by atoms with Gasteiger partial charge in [-0.2, -0.15) is 0 Å². The third kappa shape index (κ3) is 4.45. The molecule has 1 amide bonds. The molecule has 0 radical (unpaired) electrons. The predicted octanol–water partition coefficient (Wildman–Crippen LogP) is 4.65. The van der Waals surface area contributed by atoms with Gasteiger partial charge in [0.2, 0.25) is 0 Å². The maximum Gasteiger partial charge on any atom is 0.293 e. The molecule has 0 spiro atoms. The number of nitrogens with zero attached hydrogens (tertiary/aromatic N) is 2. The summed E-state index contributed by atoms with van der Waals surface area (Å²) in [5.74, 6) is 0.160. The van der Waals surface area contributed by atoms with E-state index in [1.165, 1.54) is 11.6 Å². The molecule has 1 aliphatic rings. The van der Waals surface area contributed by atoms with Crippen molar-refractivity contribution in [3.63, 3.8) is 0 Å². The molecule has 1 saturated heterocycles. The summed E-state index contributed by atoms with van der Waals surface area (Å²) in [6.45, 7) is 5.83. The van der Waals surface area contributed by atoms with Crippen LogP contribution in [0.15, 0.2) is 42.5 Å². The molecule has 3 rings (SSSR count). The number of piperidine rings is 1. The number of amides is 1. The average Bonchev–Trinajstić information content (AvgIpc) is 2.68. The first-order chi connectivity index (χ1) is 13.0. The molecule has 1 atom stereocenters. The van der Waals surface area contributed by atoms with Crippen LogP contribution in [0.4, 0.5) is 17.1 Å².